The van der Waals surface area contributed by atoms with E-state index >= 15 is 0 Å². The first kappa shape index (κ1) is 24.3. The topological polar surface area (TPSA) is 67.7 Å². The standard InChI is InChI=1S/C25H26F4N4O3/c1-36-9-6-19-13-31(14-23(19)15-32(16-23)22(35)24(7-8-24)25(27,28)29)21(34)18-10-30-33(12-18)11-17-2-4-20(26)5-3-17/h2-6,9-10,12,19H,7-8,11,13-16H2,1H3/b9-6+. The van der Waals surface area contributed by atoms with Crippen molar-refractivity contribution in [3.63, 3.8) is 0 Å². The summed E-state index contributed by atoms with van der Waals surface area (Å²) in [4.78, 5) is 28.9. The van der Waals surface area contributed by atoms with Crippen LogP contribution in [0.2, 0.25) is 0 Å². The van der Waals surface area contributed by atoms with Crippen molar-refractivity contribution >= 4 is 11.8 Å². The lowest BCUT2D eigenvalue weighted by Gasteiger charge is -2.51. The lowest BCUT2D eigenvalue weighted by atomic mass is 9.71. The van der Waals surface area contributed by atoms with Gasteiger partial charge in [0.1, 0.15) is 11.2 Å². The molecular formula is C25H26F4N4O3. The zero-order valence-corrected chi connectivity index (χ0v) is 19.7. The summed E-state index contributed by atoms with van der Waals surface area (Å²) in [6.07, 6.45) is 1.51. The molecule has 1 atom stereocenters. The number of aromatic nitrogens is 2. The van der Waals surface area contributed by atoms with Gasteiger partial charge in [-0.05, 0) is 36.6 Å². The molecule has 7 nitrogen and oxygen atoms in total. The number of hydrogen-bond acceptors (Lipinski definition) is 4. The summed E-state index contributed by atoms with van der Waals surface area (Å²) < 4.78 is 60.1. The predicted molar refractivity (Wildman–Crippen MR) is 120 cm³/mol. The molecule has 5 rings (SSSR count). The fourth-order valence-corrected chi connectivity index (χ4v) is 5.34. The highest BCUT2D eigenvalue weighted by molar-refractivity contribution is 5.94. The first-order chi connectivity index (χ1) is 17.1. The molecule has 1 spiro atoms. The van der Waals surface area contributed by atoms with Gasteiger partial charge in [0.2, 0.25) is 5.91 Å². The second kappa shape index (κ2) is 8.63. The molecule has 1 aromatic carbocycles. The Kier molecular flexibility index (Phi) is 5.83. The molecule has 0 bridgehead atoms. The van der Waals surface area contributed by atoms with Crippen molar-refractivity contribution in [3.8, 4) is 0 Å². The summed E-state index contributed by atoms with van der Waals surface area (Å²) >= 11 is 0. The van der Waals surface area contributed by atoms with Crippen LogP contribution in [0.4, 0.5) is 17.6 Å². The Bertz CT molecular complexity index is 1180. The number of benzene rings is 1. The van der Waals surface area contributed by atoms with Crippen molar-refractivity contribution in [3.05, 3.63) is 65.9 Å². The van der Waals surface area contributed by atoms with E-state index in [1.54, 1.807) is 27.9 Å². The Labute approximate surface area is 205 Å². The SMILES string of the molecule is CO/C=C/C1CN(C(=O)c2cnn(Cc3ccc(F)cc3)c2)CC12CN(C(=O)C1(C(F)(F)F)CC1)C2. The third-order valence-corrected chi connectivity index (χ3v) is 7.58. The molecule has 3 aliphatic rings. The van der Waals surface area contributed by atoms with Crippen LogP contribution in [0, 0.1) is 22.6 Å². The monoisotopic (exact) mass is 506 g/mol. The highest BCUT2D eigenvalue weighted by atomic mass is 19.4. The van der Waals surface area contributed by atoms with E-state index in [4.69, 9.17) is 4.74 Å². The number of likely N-dealkylation sites (tertiary alicyclic amines) is 2. The molecule has 36 heavy (non-hydrogen) atoms. The minimum Gasteiger partial charge on any atom is -0.505 e. The number of methoxy groups -OCH3 is 1. The van der Waals surface area contributed by atoms with Gasteiger partial charge in [0.05, 0.1) is 31.7 Å². The maximum Gasteiger partial charge on any atom is 0.403 e. The van der Waals surface area contributed by atoms with E-state index in [1.807, 2.05) is 6.08 Å². The smallest absolute Gasteiger partial charge is 0.403 e. The Morgan fingerprint density at radius 1 is 1.14 bits per heavy atom. The molecule has 2 aliphatic heterocycles. The van der Waals surface area contributed by atoms with Crippen molar-refractivity contribution in [2.24, 2.45) is 16.7 Å². The van der Waals surface area contributed by atoms with Gasteiger partial charge in [-0.1, -0.05) is 12.1 Å². The summed E-state index contributed by atoms with van der Waals surface area (Å²) in [6.45, 7) is 1.37. The lowest BCUT2D eigenvalue weighted by molar-refractivity contribution is -0.205. The molecule has 3 heterocycles. The summed E-state index contributed by atoms with van der Waals surface area (Å²) in [6, 6.07) is 6.00. The van der Waals surface area contributed by atoms with E-state index < -0.39 is 22.9 Å². The zero-order valence-electron chi connectivity index (χ0n) is 19.7. The number of carbonyl (C=O) groups excluding carboxylic acids is 2. The second-order valence-electron chi connectivity index (χ2n) is 10.0. The molecule has 1 aromatic heterocycles. The van der Waals surface area contributed by atoms with E-state index in [0.29, 0.717) is 25.2 Å². The summed E-state index contributed by atoms with van der Waals surface area (Å²) in [5.74, 6) is -1.61. The largest absolute Gasteiger partial charge is 0.505 e. The third-order valence-electron chi connectivity index (χ3n) is 7.58. The van der Waals surface area contributed by atoms with Crippen LogP contribution in [-0.4, -0.2) is 70.9 Å². The molecular weight excluding hydrogens is 480 g/mol. The fourth-order valence-electron chi connectivity index (χ4n) is 5.34. The Hall–Kier alpha value is -3.37. The van der Waals surface area contributed by atoms with Crippen molar-refractivity contribution in [1.82, 2.24) is 19.6 Å². The third kappa shape index (κ3) is 4.14. The summed E-state index contributed by atoms with van der Waals surface area (Å²) in [5, 5.41) is 4.24. The van der Waals surface area contributed by atoms with Crippen LogP contribution >= 0.6 is 0 Å². The predicted octanol–water partition coefficient (Wildman–Crippen LogP) is 3.47. The van der Waals surface area contributed by atoms with Gasteiger partial charge in [0.25, 0.3) is 5.91 Å². The zero-order chi connectivity index (χ0) is 25.7. The Morgan fingerprint density at radius 2 is 1.81 bits per heavy atom. The molecule has 2 aromatic rings. The molecule has 192 valence electrons. The normalized spacial score (nSPS) is 22.2. The quantitative estimate of drug-likeness (QED) is 0.445. The van der Waals surface area contributed by atoms with Gasteiger partial charge in [0, 0.05) is 43.7 Å². The van der Waals surface area contributed by atoms with Gasteiger partial charge >= 0.3 is 6.18 Å². The van der Waals surface area contributed by atoms with E-state index in [2.05, 4.69) is 5.10 Å². The summed E-state index contributed by atoms with van der Waals surface area (Å²) in [7, 11) is 1.49. The molecule has 2 amide bonds. The van der Waals surface area contributed by atoms with Crippen molar-refractivity contribution in [2.75, 3.05) is 33.3 Å². The molecule has 0 radical (unpaired) electrons. The first-order valence-electron chi connectivity index (χ1n) is 11.7. The lowest BCUT2D eigenvalue weighted by Crippen LogP contribution is -2.64. The van der Waals surface area contributed by atoms with Crippen LogP contribution in [0.3, 0.4) is 0 Å². The molecule has 0 N–H and O–H groups in total. The number of alkyl halides is 3. The molecule has 1 unspecified atom stereocenters. The molecule has 1 aliphatic carbocycles. The minimum absolute atomic E-state index is 0.163. The van der Waals surface area contributed by atoms with Gasteiger partial charge in [-0.3, -0.25) is 14.3 Å². The van der Waals surface area contributed by atoms with Gasteiger partial charge in [-0.2, -0.15) is 18.3 Å². The maximum atomic E-state index is 13.4. The number of nitrogens with zero attached hydrogens (tertiary/aromatic N) is 4. The number of halogens is 4. The highest BCUT2D eigenvalue weighted by Gasteiger charge is 2.71. The minimum atomic E-state index is -4.55. The van der Waals surface area contributed by atoms with Crippen LogP contribution < -0.4 is 0 Å². The van der Waals surface area contributed by atoms with Gasteiger partial charge < -0.3 is 14.5 Å². The Morgan fingerprint density at radius 3 is 2.42 bits per heavy atom. The van der Waals surface area contributed by atoms with Crippen molar-refractivity contribution < 1.29 is 31.9 Å². The number of ether oxygens (including phenoxy) is 1. The average molecular weight is 507 g/mol. The second-order valence-corrected chi connectivity index (χ2v) is 10.0. The van der Waals surface area contributed by atoms with E-state index in [1.165, 1.54) is 36.6 Å². The maximum absolute atomic E-state index is 13.4. The van der Waals surface area contributed by atoms with E-state index in [0.717, 1.165) is 5.56 Å². The number of amides is 2. The molecule has 11 heteroatoms. The number of rotatable bonds is 6. The molecule has 3 fully saturated rings. The van der Waals surface area contributed by atoms with E-state index in [-0.39, 0.29) is 43.6 Å². The van der Waals surface area contributed by atoms with Gasteiger partial charge in [-0.15, -0.1) is 0 Å². The average Bonchev–Trinajstić information content (AvgIpc) is 3.38. The van der Waals surface area contributed by atoms with Crippen LogP contribution in [0.25, 0.3) is 0 Å². The van der Waals surface area contributed by atoms with E-state index in [9.17, 15) is 27.2 Å². The molecule has 1 saturated carbocycles. The number of carbonyl (C=O) groups is 2. The van der Waals surface area contributed by atoms with Gasteiger partial charge in [-0.25, -0.2) is 4.39 Å². The number of hydrogen-bond donors (Lipinski definition) is 0. The fraction of sp³-hybridized carbons (Fsp3) is 0.480. The highest BCUT2D eigenvalue weighted by Crippen LogP contribution is 2.60. The first-order valence-corrected chi connectivity index (χ1v) is 11.7. The van der Waals surface area contributed by atoms with Crippen LogP contribution in [0.15, 0.2) is 49.0 Å². The van der Waals surface area contributed by atoms with Crippen molar-refractivity contribution in [2.45, 2.75) is 25.6 Å². The van der Waals surface area contributed by atoms with Gasteiger partial charge in [0.15, 0.2) is 0 Å². The van der Waals surface area contributed by atoms with Crippen LogP contribution in [0.5, 0.6) is 0 Å². The molecule has 2 saturated heterocycles. The Balaban J connectivity index is 1.27. The van der Waals surface area contributed by atoms with Crippen molar-refractivity contribution in [1.29, 1.82) is 0 Å². The summed E-state index contributed by atoms with van der Waals surface area (Å²) in [5.41, 5.74) is -1.55. The van der Waals surface area contributed by atoms with Crippen LogP contribution in [-0.2, 0) is 16.1 Å². The van der Waals surface area contributed by atoms with Crippen LogP contribution in [0.1, 0.15) is 28.8 Å².